The van der Waals surface area contributed by atoms with Crippen LogP contribution in [0.4, 0.5) is 0 Å². The number of aliphatic hydroxyl groups excluding tert-OH is 1. The molecule has 2 rings (SSSR count). The number of hydrogen-bond donors (Lipinski definition) is 1. The first-order valence-corrected chi connectivity index (χ1v) is 6.70. The molecule has 0 bridgehead atoms. The van der Waals surface area contributed by atoms with Crippen molar-refractivity contribution in [2.24, 2.45) is 0 Å². The molecule has 1 aliphatic carbocycles. The van der Waals surface area contributed by atoms with E-state index in [1.165, 1.54) is 38.6 Å². The summed E-state index contributed by atoms with van der Waals surface area (Å²) in [6, 6.07) is 0.794. The van der Waals surface area contributed by atoms with E-state index in [0.717, 1.165) is 19.0 Å². The van der Waals surface area contributed by atoms with E-state index in [-0.39, 0.29) is 5.54 Å². The Hall–Kier alpha value is -0.120. The van der Waals surface area contributed by atoms with Crippen molar-refractivity contribution in [2.75, 3.05) is 33.8 Å². The largest absolute Gasteiger partial charge is 0.394 e. The number of aliphatic hydroxyl groups is 1. The first kappa shape index (κ1) is 12.3. The smallest absolute Gasteiger partial charge is 0.0628 e. The fourth-order valence-corrected chi connectivity index (χ4v) is 3.28. The molecule has 16 heavy (non-hydrogen) atoms. The van der Waals surface area contributed by atoms with E-state index in [2.05, 4.69) is 23.9 Å². The van der Waals surface area contributed by atoms with Crippen molar-refractivity contribution in [3.8, 4) is 0 Å². The molecule has 0 spiro atoms. The van der Waals surface area contributed by atoms with Gasteiger partial charge in [-0.3, -0.25) is 4.90 Å². The van der Waals surface area contributed by atoms with Crippen LogP contribution in [0.3, 0.4) is 0 Å². The van der Waals surface area contributed by atoms with Crippen molar-refractivity contribution in [3.05, 3.63) is 0 Å². The van der Waals surface area contributed by atoms with Gasteiger partial charge in [0, 0.05) is 19.1 Å². The summed E-state index contributed by atoms with van der Waals surface area (Å²) in [6.45, 7) is 2.52. The molecule has 3 heteroatoms. The maximum atomic E-state index is 9.63. The highest BCUT2D eigenvalue weighted by molar-refractivity contribution is 4.98. The fraction of sp³-hybridized carbons (Fsp3) is 1.00. The van der Waals surface area contributed by atoms with Gasteiger partial charge in [0.05, 0.1) is 12.1 Å². The summed E-state index contributed by atoms with van der Waals surface area (Å²) in [5, 5.41) is 9.63. The number of likely N-dealkylation sites (tertiary alicyclic amines) is 1. The van der Waals surface area contributed by atoms with Crippen molar-refractivity contribution >= 4 is 0 Å². The van der Waals surface area contributed by atoms with Gasteiger partial charge >= 0.3 is 0 Å². The zero-order chi connectivity index (χ0) is 11.6. The van der Waals surface area contributed by atoms with Crippen molar-refractivity contribution < 1.29 is 5.11 Å². The molecule has 1 heterocycles. The van der Waals surface area contributed by atoms with Crippen LogP contribution in [0.5, 0.6) is 0 Å². The minimum absolute atomic E-state index is 0.0252. The SMILES string of the molecule is CN(C)C1(CO)CCN(C2CCCCC2)C1. The summed E-state index contributed by atoms with van der Waals surface area (Å²) < 4.78 is 0. The zero-order valence-corrected chi connectivity index (χ0v) is 10.8. The average Bonchev–Trinajstić information content (AvgIpc) is 2.76. The van der Waals surface area contributed by atoms with Crippen molar-refractivity contribution in [1.29, 1.82) is 0 Å². The molecule has 2 aliphatic rings. The van der Waals surface area contributed by atoms with E-state index < -0.39 is 0 Å². The molecular weight excluding hydrogens is 200 g/mol. The van der Waals surface area contributed by atoms with Gasteiger partial charge in [-0.2, -0.15) is 0 Å². The van der Waals surface area contributed by atoms with Crippen molar-refractivity contribution in [3.63, 3.8) is 0 Å². The van der Waals surface area contributed by atoms with Gasteiger partial charge in [0.25, 0.3) is 0 Å². The van der Waals surface area contributed by atoms with Crippen LogP contribution in [0, 0.1) is 0 Å². The third-order valence-electron chi connectivity index (χ3n) is 4.70. The number of nitrogens with zero attached hydrogens (tertiary/aromatic N) is 2. The topological polar surface area (TPSA) is 26.7 Å². The van der Waals surface area contributed by atoms with E-state index in [1.54, 1.807) is 0 Å². The predicted octanol–water partition coefficient (Wildman–Crippen LogP) is 1.32. The molecule has 1 N–H and O–H groups in total. The molecule has 1 aliphatic heterocycles. The Kier molecular flexibility index (Phi) is 3.88. The van der Waals surface area contributed by atoms with Crippen LogP contribution in [0.1, 0.15) is 38.5 Å². The number of rotatable bonds is 3. The second-order valence-electron chi connectivity index (χ2n) is 5.79. The molecular formula is C13H26N2O. The van der Waals surface area contributed by atoms with E-state index >= 15 is 0 Å². The molecule has 1 atom stereocenters. The summed E-state index contributed by atoms with van der Waals surface area (Å²) in [6.07, 6.45) is 8.07. The van der Waals surface area contributed by atoms with Gasteiger partial charge in [-0.25, -0.2) is 0 Å². The third-order valence-corrected chi connectivity index (χ3v) is 4.70. The number of hydrogen-bond acceptors (Lipinski definition) is 3. The van der Waals surface area contributed by atoms with E-state index in [0.29, 0.717) is 6.61 Å². The third kappa shape index (κ3) is 2.27. The van der Waals surface area contributed by atoms with Crippen LogP contribution in [-0.4, -0.2) is 60.3 Å². The van der Waals surface area contributed by atoms with Gasteiger partial charge < -0.3 is 10.0 Å². The lowest BCUT2D eigenvalue weighted by atomic mass is 9.94. The number of likely N-dealkylation sites (N-methyl/N-ethyl adjacent to an activating group) is 1. The minimum atomic E-state index is 0.0252. The van der Waals surface area contributed by atoms with Crippen LogP contribution in [0.25, 0.3) is 0 Å². The standard InChI is InChI=1S/C13H26N2O/c1-14(2)13(11-16)8-9-15(10-13)12-6-4-3-5-7-12/h12,16H,3-11H2,1-2H3. The van der Waals surface area contributed by atoms with Gasteiger partial charge in [0.1, 0.15) is 0 Å². The Labute approximate surface area is 99.4 Å². The Balaban J connectivity index is 1.95. The highest BCUT2D eigenvalue weighted by Crippen LogP contribution is 2.31. The average molecular weight is 226 g/mol. The molecule has 1 saturated heterocycles. The zero-order valence-electron chi connectivity index (χ0n) is 10.8. The van der Waals surface area contributed by atoms with E-state index in [4.69, 9.17) is 0 Å². The van der Waals surface area contributed by atoms with Gasteiger partial charge in [-0.15, -0.1) is 0 Å². The van der Waals surface area contributed by atoms with Crippen molar-refractivity contribution in [1.82, 2.24) is 9.80 Å². The molecule has 94 valence electrons. The lowest BCUT2D eigenvalue weighted by molar-refractivity contribution is 0.0652. The highest BCUT2D eigenvalue weighted by atomic mass is 16.3. The second-order valence-corrected chi connectivity index (χ2v) is 5.79. The minimum Gasteiger partial charge on any atom is -0.394 e. The molecule has 0 amide bonds. The summed E-state index contributed by atoms with van der Waals surface area (Å²) in [5.41, 5.74) is 0.0252. The lowest BCUT2D eigenvalue weighted by Crippen LogP contribution is -2.50. The predicted molar refractivity (Wildman–Crippen MR) is 66.6 cm³/mol. The molecule has 0 aromatic rings. The van der Waals surface area contributed by atoms with Gasteiger partial charge in [0.15, 0.2) is 0 Å². The highest BCUT2D eigenvalue weighted by Gasteiger charge is 2.41. The molecule has 0 aromatic carbocycles. The summed E-state index contributed by atoms with van der Waals surface area (Å²) in [5.74, 6) is 0. The fourth-order valence-electron chi connectivity index (χ4n) is 3.28. The van der Waals surface area contributed by atoms with Crippen LogP contribution in [-0.2, 0) is 0 Å². The normalized spacial score (nSPS) is 33.8. The first-order chi connectivity index (χ1) is 7.68. The maximum Gasteiger partial charge on any atom is 0.0628 e. The first-order valence-electron chi connectivity index (χ1n) is 6.70. The Morgan fingerprint density at radius 2 is 1.94 bits per heavy atom. The van der Waals surface area contributed by atoms with Gasteiger partial charge in [0.2, 0.25) is 0 Å². The van der Waals surface area contributed by atoms with Crippen molar-refractivity contribution in [2.45, 2.75) is 50.1 Å². The maximum absolute atomic E-state index is 9.63. The van der Waals surface area contributed by atoms with Crippen LogP contribution in [0.2, 0.25) is 0 Å². The Morgan fingerprint density at radius 1 is 1.25 bits per heavy atom. The molecule has 2 fully saturated rings. The summed E-state index contributed by atoms with van der Waals surface area (Å²) >= 11 is 0. The van der Waals surface area contributed by atoms with Gasteiger partial charge in [-0.05, 0) is 33.4 Å². The monoisotopic (exact) mass is 226 g/mol. The molecule has 1 unspecified atom stereocenters. The second kappa shape index (κ2) is 5.03. The van der Waals surface area contributed by atoms with Crippen LogP contribution >= 0.6 is 0 Å². The molecule has 3 nitrogen and oxygen atoms in total. The summed E-state index contributed by atoms with van der Waals surface area (Å²) in [7, 11) is 4.20. The molecule has 1 saturated carbocycles. The molecule has 0 aromatic heterocycles. The summed E-state index contributed by atoms with van der Waals surface area (Å²) in [4.78, 5) is 4.84. The Morgan fingerprint density at radius 3 is 2.44 bits per heavy atom. The van der Waals surface area contributed by atoms with Crippen LogP contribution in [0.15, 0.2) is 0 Å². The Bertz CT molecular complexity index is 226. The molecule has 0 radical (unpaired) electrons. The quantitative estimate of drug-likeness (QED) is 0.786. The van der Waals surface area contributed by atoms with E-state index in [1.807, 2.05) is 0 Å². The van der Waals surface area contributed by atoms with E-state index in [9.17, 15) is 5.11 Å². The van der Waals surface area contributed by atoms with Crippen LogP contribution < -0.4 is 0 Å². The lowest BCUT2D eigenvalue weighted by Gasteiger charge is -2.37. The van der Waals surface area contributed by atoms with Gasteiger partial charge in [-0.1, -0.05) is 19.3 Å².